The first-order valence-corrected chi connectivity index (χ1v) is 9.69. The molecule has 0 aliphatic heterocycles. The first-order chi connectivity index (χ1) is 13.4. The SMILES string of the molecule is CC(=O)NCc1ccc(-c2csc(NC(=O)[C@H](C)Oc3ccccc3Cl)n2)o1. The van der Waals surface area contributed by atoms with Crippen molar-refractivity contribution in [2.75, 3.05) is 5.32 Å². The standard InChI is InChI=1S/C19H18ClN3O4S/c1-11(26-16-6-4-3-5-14(16)20)18(25)23-19-22-15(10-28-19)17-8-7-13(27-17)9-21-12(2)24/h3-8,10-11H,9H2,1-2H3,(H,21,24)(H,22,23,25)/t11-/m0/s1. The summed E-state index contributed by atoms with van der Waals surface area (Å²) in [5, 5.41) is 8.02. The molecule has 3 rings (SSSR count). The highest BCUT2D eigenvalue weighted by atomic mass is 35.5. The Morgan fingerprint density at radius 1 is 1.29 bits per heavy atom. The van der Waals surface area contributed by atoms with Crippen LogP contribution in [0.2, 0.25) is 5.02 Å². The van der Waals surface area contributed by atoms with E-state index in [2.05, 4.69) is 15.6 Å². The quantitative estimate of drug-likeness (QED) is 0.601. The third-order valence-corrected chi connectivity index (χ3v) is 4.74. The summed E-state index contributed by atoms with van der Waals surface area (Å²) in [7, 11) is 0. The van der Waals surface area contributed by atoms with E-state index < -0.39 is 6.10 Å². The smallest absolute Gasteiger partial charge is 0.266 e. The predicted octanol–water partition coefficient (Wildman–Crippen LogP) is 4.10. The van der Waals surface area contributed by atoms with Crippen molar-refractivity contribution >= 4 is 39.9 Å². The van der Waals surface area contributed by atoms with Gasteiger partial charge in [0.2, 0.25) is 5.91 Å². The molecule has 0 saturated carbocycles. The van der Waals surface area contributed by atoms with Crippen LogP contribution in [-0.4, -0.2) is 22.9 Å². The summed E-state index contributed by atoms with van der Waals surface area (Å²) in [6.07, 6.45) is -0.750. The number of carbonyl (C=O) groups excluding carboxylic acids is 2. The average Bonchev–Trinajstić information content (AvgIpc) is 3.31. The zero-order valence-electron chi connectivity index (χ0n) is 15.2. The number of hydrogen-bond acceptors (Lipinski definition) is 6. The van der Waals surface area contributed by atoms with Crippen LogP contribution in [0.25, 0.3) is 11.5 Å². The number of thiazole rings is 1. The van der Waals surface area contributed by atoms with Gasteiger partial charge in [-0.05, 0) is 31.2 Å². The van der Waals surface area contributed by atoms with Crippen molar-refractivity contribution < 1.29 is 18.7 Å². The number of ether oxygens (including phenoxy) is 1. The molecule has 1 aromatic carbocycles. The Bertz CT molecular complexity index is 985. The van der Waals surface area contributed by atoms with E-state index in [1.54, 1.807) is 48.7 Å². The van der Waals surface area contributed by atoms with E-state index in [9.17, 15) is 9.59 Å². The summed E-state index contributed by atoms with van der Waals surface area (Å²) in [4.78, 5) is 27.7. The van der Waals surface area contributed by atoms with Gasteiger partial charge in [0, 0.05) is 12.3 Å². The zero-order valence-corrected chi connectivity index (χ0v) is 16.8. The van der Waals surface area contributed by atoms with Gasteiger partial charge in [0.05, 0.1) is 11.6 Å². The molecule has 0 saturated heterocycles. The molecule has 1 atom stereocenters. The number of carbonyl (C=O) groups is 2. The lowest BCUT2D eigenvalue weighted by atomic mass is 10.3. The summed E-state index contributed by atoms with van der Waals surface area (Å²) in [5.41, 5.74) is 0.592. The minimum atomic E-state index is -0.750. The number of amides is 2. The number of hydrogen-bond donors (Lipinski definition) is 2. The molecule has 146 valence electrons. The number of nitrogens with zero attached hydrogens (tertiary/aromatic N) is 1. The minimum Gasteiger partial charge on any atom is -0.479 e. The van der Waals surface area contributed by atoms with Crippen LogP contribution in [0.4, 0.5) is 5.13 Å². The van der Waals surface area contributed by atoms with E-state index in [-0.39, 0.29) is 11.8 Å². The second-order valence-electron chi connectivity index (χ2n) is 5.89. The molecule has 0 spiro atoms. The Kier molecular flexibility index (Phi) is 6.33. The van der Waals surface area contributed by atoms with Gasteiger partial charge in [-0.15, -0.1) is 11.3 Å². The molecule has 28 heavy (non-hydrogen) atoms. The van der Waals surface area contributed by atoms with Gasteiger partial charge in [0.1, 0.15) is 17.2 Å². The second kappa shape index (κ2) is 8.90. The Morgan fingerprint density at radius 3 is 2.82 bits per heavy atom. The number of furan rings is 1. The van der Waals surface area contributed by atoms with Crippen molar-refractivity contribution in [3.63, 3.8) is 0 Å². The topological polar surface area (TPSA) is 93.5 Å². The highest BCUT2D eigenvalue weighted by Gasteiger charge is 2.18. The van der Waals surface area contributed by atoms with Crippen LogP contribution in [0.1, 0.15) is 19.6 Å². The molecule has 2 N–H and O–H groups in total. The number of anilines is 1. The summed E-state index contributed by atoms with van der Waals surface area (Å²) in [5.74, 6) is 1.13. The Balaban J connectivity index is 1.60. The van der Waals surface area contributed by atoms with Gasteiger partial charge in [-0.1, -0.05) is 23.7 Å². The number of benzene rings is 1. The Hall–Kier alpha value is -2.84. The molecule has 0 bridgehead atoms. The highest BCUT2D eigenvalue weighted by Crippen LogP contribution is 2.27. The van der Waals surface area contributed by atoms with Gasteiger partial charge in [-0.25, -0.2) is 4.98 Å². The van der Waals surface area contributed by atoms with Crippen molar-refractivity contribution in [1.82, 2.24) is 10.3 Å². The highest BCUT2D eigenvalue weighted by molar-refractivity contribution is 7.14. The normalized spacial score (nSPS) is 11.7. The Labute approximate surface area is 170 Å². The largest absolute Gasteiger partial charge is 0.479 e. The van der Waals surface area contributed by atoms with Gasteiger partial charge in [0.15, 0.2) is 17.0 Å². The van der Waals surface area contributed by atoms with Crippen LogP contribution < -0.4 is 15.4 Å². The van der Waals surface area contributed by atoms with Crippen LogP contribution in [-0.2, 0) is 16.1 Å². The fourth-order valence-corrected chi connectivity index (χ4v) is 3.14. The lowest BCUT2D eigenvalue weighted by Gasteiger charge is -2.14. The lowest BCUT2D eigenvalue weighted by molar-refractivity contribution is -0.122. The van der Waals surface area contributed by atoms with Crippen LogP contribution in [0.15, 0.2) is 46.2 Å². The predicted molar refractivity (Wildman–Crippen MR) is 108 cm³/mol. The van der Waals surface area contributed by atoms with Gasteiger partial charge >= 0.3 is 0 Å². The van der Waals surface area contributed by atoms with Crippen molar-refractivity contribution in [1.29, 1.82) is 0 Å². The molecule has 0 fully saturated rings. The molecule has 7 nitrogen and oxygen atoms in total. The van der Waals surface area contributed by atoms with Crippen LogP contribution in [0, 0.1) is 0 Å². The van der Waals surface area contributed by atoms with Crippen molar-refractivity contribution in [2.24, 2.45) is 0 Å². The van der Waals surface area contributed by atoms with Crippen LogP contribution in [0.5, 0.6) is 5.75 Å². The molecule has 0 radical (unpaired) electrons. The zero-order chi connectivity index (χ0) is 20.1. The van der Waals surface area contributed by atoms with Gasteiger partial charge < -0.3 is 14.5 Å². The number of nitrogens with one attached hydrogen (secondary N) is 2. The van der Waals surface area contributed by atoms with E-state index in [1.165, 1.54) is 18.3 Å². The molecular formula is C19H18ClN3O4S. The Morgan fingerprint density at radius 2 is 2.07 bits per heavy atom. The number of para-hydroxylation sites is 1. The summed E-state index contributed by atoms with van der Waals surface area (Å²) in [6, 6.07) is 10.5. The fraction of sp³-hybridized carbons (Fsp3) is 0.211. The minimum absolute atomic E-state index is 0.135. The molecule has 9 heteroatoms. The van der Waals surface area contributed by atoms with Crippen molar-refractivity contribution in [2.45, 2.75) is 26.5 Å². The molecule has 2 heterocycles. The summed E-state index contributed by atoms with van der Waals surface area (Å²) < 4.78 is 11.3. The molecular weight excluding hydrogens is 402 g/mol. The van der Waals surface area contributed by atoms with E-state index in [1.807, 2.05) is 0 Å². The molecule has 2 amide bonds. The van der Waals surface area contributed by atoms with E-state index >= 15 is 0 Å². The molecule has 0 aliphatic rings. The number of halogens is 1. The number of rotatable bonds is 7. The third-order valence-electron chi connectivity index (χ3n) is 3.67. The van der Waals surface area contributed by atoms with Crippen molar-refractivity contribution in [3.8, 4) is 17.2 Å². The van der Waals surface area contributed by atoms with Gasteiger partial charge in [0.25, 0.3) is 5.91 Å². The molecule has 0 aliphatic carbocycles. The average molecular weight is 420 g/mol. The monoisotopic (exact) mass is 419 g/mol. The number of aromatic nitrogens is 1. The molecule has 2 aromatic heterocycles. The first kappa shape index (κ1) is 19.9. The van der Waals surface area contributed by atoms with E-state index in [0.717, 1.165) is 0 Å². The van der Waals surface area contributed by atoms with Crippen LogP contribution >= 0.6 is 22.9 Å². The van der Waals surface area contributed by atoms with E-state index in [4.69, 9.17) is 20.8 Å². The maximum atomic E-state index is 12.4. The summed E-state index contributed by atoms with van der Waals surface area (Å²) in [6.45, 7) is 3.38. The molecule has 3 aromatic rings. The van der Waals surface area contributed by atoms with Gasteiger partial charge in [-0.3, -0.25) is 14.9 Å². The third kappa shape index (κ3) is 5.11. The maximum absolute atomic E-state index is 12.4. The lowest BCUT2D eigenvalue weighted by Crippen LogP contribution is -2.30. The molecule has 0 unspecified atom stereocenters. The van der Waals surface area contributed by atoms with Gasteiger partial charge in [-0.2, -0.15) is 0 Å². The first-order valence-electron chi connectivity index (χ1n) is 8.43. The second-order valence-corrected chi connectivity index (χ2v) is 7.16. The fourth-order valence-electron chi connectivity index (χ4n) is 2.26. The van der Waals surface area contributed by atoms with Crippen molar-refractivity contribution in [3.05, 3.63) is 52.6 Å². The summed E-state index contributed by atoms with van der Waals surface area (Å²) >= 11 is 7.32. The maximum Gasteiger partial charge on any atom is 0.266 e. The van der Waals surface area contributed by atoms with Crippen LogP contribution in [0.3, 0.4) is 0 Å². The van der Waals surface area contributed by atoms with E-state index in [0.29, 0.717) is 39.7 Å².